The molecule has 15 heavy (non-hydrogen) atoms. The minimum Gasteiger partial charge on any atom is -0.371 e. The van der Waals surface area contributed by atoms with Gasteiger partial charge in [-0.05, 0) is 30.4 Å². The molecule has 1 heterocycles. The van der Waals surface area contributed by atoms with Crippen molar-refractivity contribution in [1.82, 2.24) is 0 Å². The molecule has 1 heteroatoms. The van der Waals surface area contributed by atoms with Crippen LogP contribution in [0.4, 0.5) is 5.69 Å². The minimum atomic E-state index is 0.821. The van der Waals surface area contributed by atoms with Crippen molar-refractivity contribution >= 4 is 5.69 Å². The van der Waals surface area contributed by atoms with E-state index >= 15 is 0 Å². The Balaban J connectivity index is 2.01. The van der Waals surface area contributed by atoms with Gasteiger partial charge in [0, 0.05) is 18.8 Å². The van der Waals surface area contributed by atoms with E-state index < -0.39 is 0 Å². The van der Waals surface area contributed by atoms with Crippen LogP contribution in [0.25, 0.3) is 0 Å². The normalized spacial score (nSPS) is 16.5. The van der Waals surface area contributed by atoms with Crippen molar-refractivity contribution in [3.8, 4) is 0 Å². The number of nitrogens with zero attached hydrogens (tertiary/aromatic N) is 1. The van der Waals surface area contributed by atoms with Crippen LogP contribution in [0.15, 0.2) is 24.3 Å². The molecule has 82 valence electrons. The van der Waals surface area contributed by atoms with E-state index in [4.69, 9.17) is 0 Å². The predicted molar refractivity (Wildman–Crippen MR) is 66.4 cm³/mol. The van der Waals surface area contributed by atoms with Crippen LogP contribution in [-0.2, 0) is 6.42 Å². The molecule has 0 amide bonds. The summed E-state index contributed by atoms with van der Waals surface area (Å²) in [6.45, 7) is 7.08. The van der Waals surface area contributed by atoms with Gasteiger partial charge in [0.05, 0.1) is 0 Å². The number of para-hydroxylation sites is 1. The van der Waals surface area contributed by atoms with E-state index in [0.717, 1.165) is 5.92 Å². The topological polar surface area (TPSA) is 3.24 Å². The summed E-state index contributed by atoms with van der Waals surface area (Å²) in [5.41, 5.74) is 3.00. The smallest absolute Gasteiger partial charge is 0.0399 e. The molecule has 0 fully saturated rings. The molecule has 2 rings (SSSR count). The molecule has 0 bridgehead atoms. The first-order chi connectivity index (χ1) is 7.31. The van der Waals surface area contributed by atoms with Gasteiger partial charge >= 0.3 is 0 Å². The Labute approximate surface area is 93.1 Å². The lowest BCUT2D eigenvalue weighted by atomic mass is 10.1. The van der Waals surface area contributed by atoms with Crippen molar-refractivity contribution in [3.05, 3.63) is 29.8 Å². The zero-order valence-electron chi connectivity index (χ0n) is 9.87. The van der Waals surface area contributed by atoms with Gasteiger partial charge in [-0.25, -0.2) is 0 Å². The molecule has 1 aromatic rings. The largest absolute Gasteiger partial charge is 0.371 e. The molecular weight excluding hydrogens is 182 g/mol. The number of benzene rings is 1. The average molecular weight is 203 g/mol. The number of anilines is 1. The fourth-order valence-corrected chi connectivity index (χ4v) is 2.56. The Morgan fingerprint density at radius 1 is 1.33 bits per heavy atom. The highest BCUT2D eigenvalue weighted by Crippen LogP contribution is 2.28. The van der Waals surface area contributed by atoms with Crippen molar-refractivity contribution in [2.75, 3.05) is 18.0 Å². The third-order valence-corrected chi connectivity index (χ3v) is 3.30. The maximum absolute atomic E-state index is 2.55. The van der Waals surface area contributed by atoms with Crippen LogP contribution in [0, 0.1) is 5.92 Å². The maximum Gasteiger partial charge on any atom is 0.0399 e. The van der Waals surface area contributed by atoms with Gasteiger partial charge in [0.25, 0.3) is 0 Å². The average Bonchev–Trinajstić information content (AvgIpc) is 2.62. The first kappa shape index (κ1) is 10.5. The van der Waals surface area contributed by atoms with Gasteiger partial charge in [0.1, 0.15) is 0 Å². The Morgan fingerprint density at radius 2 is 2.13 bits per heavy atom. The summed E-state index contributed by atoms with van der Waals surface area (Å²) in [5.74, 6) is 0.821. The Bertz CT molecular complexity index is 319. The second-order valence-electron chi connectivity index (χ2n) is 4.72. The Hall–Kier alpha value is -0.980. The van der Waals surface area contributed by atoms with E-state index in [1.54, 1.807) is 0 Å². The molecule has 0 aromatic heterocycles. The molecule has 1 nitrogen and oxygen atoms in total. The standard InChI is InChI=1S/C14H21N/c1-3-6-12(2)11-15-10-9-13-7-4-5-8-14(13)15/h4-5,7-8,12H,3,6,9-11H2,1-2H3. The van der Waals surface area contributed by atoms with Crippen LogP contribution in [0.3, 0.4) is 0 Å². The number of hydrogen-bond acceptors (Lipinski definition) is 1. The molecule has 0 radical (unpaired) electrons. The summed E-state index contributed by atoms with van der Waals surface area (Å²) >= 11 is 0. The molecule has 1 aromatic carbocycles. The van der Waals surface area contributed by atoms with E-state index in [1.807, 2.05) is 0 Å². The lowest BCUT2D eigenvalue weighted by Gasteiger charge is -2.23. The Morgan fingerprint density at radius 3 is 2.93 bits per heavy atom. The van der Waals surface area contributed by atoms with Crippen LogP contribution < -0.4 is 4.90 Å². The molecule has 0 spiro atoms. The summed E-state index contributed by atoms with van der Waals surface area (Å²) in [6, 6.07) is 8.83. The van der Waals surface area contributed by atoms with Crippen LogP contribution >= 0.6 is 0 Å². The molecule has 0 saturated carbocycles. The highest BCUT2D eigenvalue weighted by molar-refractivity contribution is 5.57. The van der Waals surface area contributed by atoms with Gasteiger partial charge in [0.2, 0.25) is 0 Å². The second-order valence-corrected chi connectivity index (χ2v) is 4.72. The third-order valence-electron chi connectivity index (χ3n) is 3.30. The second kappa shape index (κ2) is 4.69. The molecule has 1 unspecified atom stereocenters. The third kappa shape index (κ3) is 2.34. The summed E-state index contributed by atoms with van der Waals surface area (Å²) < 4.78 is 0. The van der Waals surface area contributed by atoms with Crippen molar-refractivity contribution in [3.63, 3.8) is 0 Å². The monoisotopic (exact) mass is 203 g/mol. The fraction of sp³-hybridized carbons (Fsp3) is 0.571. The van der Waals surface area contributed by atoms with E-state index in [-0.39, 0.29) is 0 Å². The lowest BCUT2D eigenvalue weighted by Crippen LogP contribution is -2.26. The van der Waals surface area contributed by atoms with E-state index in [0.29, 0.717) is 0 Å². The molecule has 0 saturated heterocycles. The molecule has 1 aliphatic heterocycles. The summed E-state index contributed by atoms with van der Waals surface area (Å²) in [5, 5.41) is 0. The van der Waals surface area contributed by atoms with E-state index in [1.165, 1.54) is 43.6 Å². The molecule has 1 atom stereocenters. The van der Waals surface area contributed by atoms with E-state index in [2.05, 4.69) is 43.0 Å². The van der Waals surface area contributed by atoms with Gasteiger partial charge in [-0.3, -0.25) is 0 Å². The quantitative estimate of drug-likeness (QED) is 0.724. The van der Waals surface area contributed by atoms with Gasteiger partial charge in [-0.1, -0.05) is 38.5 Å². The fourth-order valence-electron chi connectivity index (χ4n) is 2.56. The van der Waals surface area contributed by atoms with Gasteiger partial charge < -0.3 is 4.90 Å². The summed E-state index contributed by atoms with van der Waals surface area (Å²) in [4.78, 5) is 2.55. The zero-order chi connectivity index (χ0) is 10.7. The maximum atomic E-state index is 2.55. The van der Waals surface area contributed by atoms with E-state index in [9.17, 15) is 0 Å². The van der Waals surface area contributed by atoms with Crippen LogP contribution in [0.5, 0.6) is 0 Å². The number of hydrogen-bond donors (Lipinski definition) is 0. The lowest BCUT2D eigenvalue weighted by molar-refractivity contribution is 0.517. The van der Waals surface area contributed by atoms with Crippen molar-refractivity contribution in [2.24, 2.45) is 5.92 Å². The van der Waals surface area contributed by atoms with Crippen LogP contribution in [-0.4, -0.2) is 13.1 Å². The number of fused-ring (bicyclic) bond motifs is 1. The minimum absolute atomic E-state index is 0.821. The van der Waals surface area contributed by atoms with Gasteiger partial charge in [-0.15, -0.1) is 0 Å². The molecule has 0 aliphatic carbocycles. The Kier molecular flexibility index (Phi) is 3.30. The first-order valence-corrected chi connectivity index (χ1v) is 6.14. The van der Waals surface area contributed by atoms with Gasteiger partial charge in [0.15, 0.2) is 0 Å². The predicted octanol–water partition coefficient (Wildman–Crippen LogP) is 3.49. The van der Waals surface area contributed by atoms with Crippen molar-refractivity contribution in [2.45, 2.75) is 33.1 Å². The van der Waals surface area contributed by atoms with Crippen LogP contribution in [0.2, 0.25) is 0 Å². The van der Waals surface area contributed by atoms with Crippen molar-refractivity contribution < 1.29 is 0 Å². The SMILES string of the molecule is CCCC(C)CN1CCc2ccccc21. The van der Waals surface area contributed by atoms with Crippen molar-refractivity contribution in [1.29, 1.82) is 0 Å². The molecule has 0 N–H and O–H groups in total. The first-order valence-electron chi connectivity index (χ1n) is 6.14. The molecule has 1 aliphatic rings. The number of rotatable bonds is 4. The zero-order valence-corrected chi connectivity index (χ0v) is 9.87. The highest BCUT2D eigenvalue weighted by atomic mass is 15.1. The summed E-state index contributed by atoms with van der Waals surface area (Å²) in [6.07, 6.45) is 3.88. The summed E-state index contributed by atoms with van der Waals surface area (Å²) in [7, 11) is 0. The highest BCUT2D eigenvalue weighted by Gasteiger charge is 2.19. The molecular formula is C14H21N. The van der Waals surface area contributed by atoms with Crippen LogP contribution in [0.1, 0.15) is 32.3 Å². The van der Waals surface area contributed by atoms with Gasteiger partial charge in [-0.2, -0.15) is 0 Å².